The molecule has 0 bridgehead atoms. The Balaban J connectivity index is 1.83. The molecule has 1 aromatic heterocycles. The highest BCUT2D eigenvalue weighted by atomic mass is 16.3. The third-order valence-corrected chi connectivity index (χ3v) is 3.90. The molecule has 6 nitrogen and oxygen atoms in total. The summed E-state index contributed by atoms with van der Waals surface area (Å²) in [6.07, 6.45) is 5.03. The predicted molar refractivity (Wildman–Crippen MR) is 88.3 cm³/mol. The van der Waals surface area contributed by atoms with E-state index >= 15 is 0 Å². The van der Waals surface area contributed by atoms with Crippen LogP contribution in [-0.4, -0.2) is 40.2 Å². The van der Waals surface area contributed by atoms with E-state index < -0.39 is 0 Å². The normalized spacial score (nSPS) is 16.5. The molecule has 2 heterocycles. The van der Waals surface area contributed by atoms with Crippen molar-refractivity contribution in [3.63, 3.8) is 0 Å². The quantitative estimate of drug-likeness (QED) is 0.844. The van der Waals surface area contributed by atoms with Crippen molar-refractivity contribution in [2.24, 2.45) is 5.10 Å². The lowest BCUT2D eigenvalue weighted by Crippen LogP contribution is -2.36. The van der Waals surface area contributed by atoms with E-state index in [-0.39, 0.29) is 6.10 Å². The van der Waals surface area contributed by atoms with Gasteiger partial charge in [-0.15, -0.1) is 0 Å². The molecule has 0 aliphatic carbocycles. The van der Waals surface area contributed by atoms with Crippen molar-refractivity contribution in [2.45, 2.75) is 25.9 Å². The number of aliphatic hydroxyl groups excluding tert-OH is 1. The van der Waals surface area contributed by atoms with Crippen LogP contribution < -0.4 is 10.6 Å². The maximum atomic E-state index is 9.65. The first kappa shape index (κ1) is 14.6. The number of aryl methyl sites for hydroxylation is 1. The number of aromatic nitrogens is 2. The van der Waals surface area contributed by atoms with Crippen molar-refractivity contribution in [2.75, 3.05) is 23.7 Å². The van der Waals surface area contributed by atoms with Gasteiger partial charge in [-0.25, -0.2) is 9.66 Å². The minimum absolute atomic E-state index is 0.175. The second-order valence-corrected chi connectivity index (χ2v) is 5.61. The molecule has 3 N–H and O–H groups in total. The second-order valence-electron chi connectivity index (χ2n) is 5.61. The third kappa shape index (κ3) is 3.12. The Morgan fingerprint density at radius 2 is 2.05 bits per heavy atom. The summed E-state index contributed by atoms with van der Waals surface area (Å²) in [5.74, 6) is 0.382. The molecule has 1 fully saturated rings. The Bertz CT molecular complexity index is 671. The zero-order valence-corrected chi connectivity index (χ0v) is 12.7. The van der Waals surface area contributed by atoms with Gasteiger partial charge in [-0.2, -0.15) is 5.10 Å². The van der Waals surface area contributed by atoms with Gasteiger partial charge in [-0.1, -0.05) is 18.2 Å². The van der Waals surface area contributed by atoms with Gasteiger partial charge in [0.25, 0.3) is 0 Å². The van der Waals surface area contributed by atoms with E-state index in [2.05, 4.69) is 21.1 Å². The van der Waals surface area contributed by atoms with Crippen molar-refractivity contribution < 1.29 is 5.11 Å². The molecule has 0 spiro atoms. The number of imidazole rings is 1. The molecule has 0 amide bonds. The molecular formula is C16H21N5O. The number of nitrogens with two attached hydrogens (primary N) is 1. The lowest BCUT2D eigenvalue weighted by Gasteiger charge is -2.32. The Labute approximate surface area is 129 Å². The molecule has 1 aromatic carbocycles. The van der Waals surface area contributed by atoms with Crippen LogP contribution in [0.2, 0.25) is 0 Å². The molecule has 0 radical (unpaired) electrons. The first-order valence-electron chi connectivity index (χ1n) is 7.51. The second kappa shape index (κ2) is 6.19. The SMILES string of the molecule is Cc1cn(N=Cc2ccccc2N2CCC(O)CC2)c(N)n1. The van der Waals surface area contributed by atoms with Crippen LogP contribution in [0.3, 0.4) is 0 Å². The van der Waals surface area contributed by atoms with Gasteiger partial charge in [0.1, 0.15) is 0 Å². The van der Waals surface area contributed by atoms with Gasteiger partial charge in [0, 0.05) is 24.3 Å². The van der Waals surface area contributed by atoms with Crippen molar-refractivity contribution in [3.05, 3.63) is 41.7 Å². The van der Waals surface area contributed by atoms with E-state index in [1.807, 2.05) is 25.1 Å². The smallest absolute Gasteiger partial charge is 0.221 e. The van der Waals surface area contributed by atoms with E-state index in [1.165, 1.54) is 0 Å². The molecule has 3 rings (SSSR count). The molecule has 116 valence electrons. The summed E-state index contributed by atoms with van der Waals surface area (Å²) in [5, 5.41) is 14.0. The van der Waals surface area contributed by atoms with Crippen LogP contribution >= 0.6 is 0 Å². The number of rotatable bonds is 3. The number of aliphatic hydroxyl groups is 1. The average molecular weight is 299 g/mol. The number of benzene rings is 1. The van der Waals surface area contributed by atoms with Crippen LogP contribution in [-0.2, 0) is 0 Å². The Hall–Kier alpha value is -2.34. The number of para-hydroxylation sites is 1. The summed E-state index contributed by atoms with van der Waals surface area (Å²) in [7, 11) is 0. The highest BCUT2D eigenvalue weighted by Crippen LogP contribution is 2.23. The van der Waals surface area contributed by atoms with E-state index in [1.54, 1.807) is 17.1 Å². The van der Waals surface area contributed by atoms with E-state index in [9.17, 15) is 5.11 Å². The Kier molecular flexibility index (Phi) is 4.11. The van der Waals surface area contributed by atoms with Gasteiger partial charge >= 0.3 is 0 Å². The summed E-state index contributed by atoms with van der Waals surface area (Å²) >= 11 is 0. The number of hydrogen-bond acceptors (Lipinski definition) is 5. The van der Waals surface area contributed by atoms with Crippen LogP contribution in [0.15, 0.2) is 35.6 Å². The maximum absolute atomic E-state index is 9.65. The van der Waals surface area contributed by atoms with Gasteiger partial charge in [0.15, 0.2) is 0 Å². The standard InChI is InChI=1S/C16H21N5O/c1-12-11-21(16(17)19-12)18-10-13-4-2-3-5-15(13)20-8-6-14(22)7-9-20/h2-5,10-11,14,22H,6-9H2,1H3,(H2,17,19). The molecule has 1 aliphatic heterocycles. The van der Waals surface area contributed by atoms with Crippen molar-refractivity contribution in [1.29, 1.82) is 0 Å². The highest BCUT2D eigenvalue weighted by molar-refractivity contribution is 5.88. The van der Waals surface area contributed by atoms with E-state index in [0.29, 0.717) is 5.95 Å². The van der Waals surface area contributed by atoms with Gasteiger partial charge in [-0.3, -0.25) is 0 Å². The van der Waals surface area contributed by atoms with Crippen LogP contribution in [0.4, 0.5) is 11.6 Å². The molecule has 0 unspecified atom stereocenters. The number of hydrogen-bond donors (Lipinski definition) is 2. The van der Waals surface area contributed by atoms with Crippen molar-refractivity contribution in [1.82, 2.24) is 9.66 Å². The Morgan fingerprint density at radius 3 is 2.73 bits per heavy atom. The number of anilines is 2. The Morgan fingerprint density at radius 1 is 1.32 bits per heavy atom. The van der Waals surface area contributed by atoms with Gasteiger partial charge in [-0.05, 0) is 25.8 Å². The highest BCUT2D eigenvalue weighted by Gasteiger charge is 2.18. The van der Waals surface area contributed by atoms with Crippen LogP contribution in [0.1, 0.15) is 24.1 Å². The van der Waals surface area contributed by atoms with Crippen molar-refractivity contribution >= 4 is 17.9 Å². The summed E-state index contributed by atoms with van der Waals surface area (Å²) in [6, 6.07) is 8.13. The number of nitrogens with zero attached hydrogens (tertiary/aromatic N) is 4. The van der Waals surface area contributed by atoms with Gasteiger partial charge < -0.3 is 15.7 Å². The van der Waals surface area contributed by atoms with Crippen LogP contribution in [0.5, 0.6) is 0 Å². The van der Waals surface area contributed by atoms with Gasteiger partial charge in [0.2, 0.25) is 5.95 Å². The molecule has 0 saturated carbocycles. The predicted octanol–water partition coefficient (Wildman–Crippen LogP) is 1.62. The lowest BCUT2D eigenvalue weighted by atomic mass is 10.1. The first-order chi connectivity index (χ1) is 10.6. The molecule has 1 saturated heterocycles. The molecule has 22 heavy (non-hydrogen) atoms. The molecule has 6 heteroatoms. The van der Waals surface area contributed by atoms with E-state index in [4.69, 9.17) is 5.73 Å². The molecular weight excluding hydrogens is 278 g/mol. The maximum Gasteiger partial charge on any atom is 0.221 e. The van der Waals surface area contributed by atoms with Crippen molar-refractivity contribution in [3.8, 4) is 0 Å². The fraction of sp³-hybridized carbons (Fsp3) is 0.375. The molecule has 2 aromatic rings. The number of piperidine rings is 1. The fourth-order valence-corrected chi connectivity index (χ4v) is 2.71. The summed E-state index contributed by atoms with van der Waals surface area (Å²) in [4.78, 5) is 6.42. The van der Waals surface area contributed by atoms with Crippen LogP contribution in [0, 0.1) is 6.92 Å². The molecule has 0 atom stereocenters. The summed E-state index contributed by atoms with van der Waals surface area (Å²) in [5.41, 5.74) is 8.81. The third-order valence-electron chi connectivity index (χ3n) is 3.90. The number of nitrogen functional groups attached to an aromatic ring is 1. The zero-order chi connectivity index (χ0) is 15.5. The van der Waals surface area contributed by atoms with E-state index in [0.717, 1.165) is 42.9 Å². The zero-order valence-electron chi connectivity index (χ0n) is 12.7. The monoisotopic (exact) mass is 299 g/mol. The summed E-state index contributed by atoms with van der Waals surface area (Å²) < 4.78 is 1.58. The largest absolute Gasteiger partial charge is 0.393 e. The lowest BCUT2D eigenvalue weighted by molar-refractivity contribution is 0.145. The average Bonchev–Trinajstić information content (AvgIpc) is 2.84. The van der Waals surface area contributed by atoms with Gasteiger partial charge in [0.05, 0.1) is 24.2 Å². The van der Waals surface area contributed by atoms with Crippen LogP contribution in [0.25, 0.3) is 0 Å². The summed E-state index contributed by atoms with van der Waals surface area (Å²) in [6.45, 7) is 3.60. The topological polar surface area (TPSA) is 79.7 Å². The fourth-order valence-electron chi connectivity index (χ4n) is 2.71. The first-order valence-corrected chi connectivity index (χ1v) is 7.51. The minimum atomic E-state index is -0.175. The molecule has 1 aliphatic rings. The minimum Gasteiger partial charge on any atom is -0.393 e.